The first kappa shape index (κ1) is 9.50. The maximum absolute atomic E-state index is 8.37. The number of halogens is 2. The van der Waals surface area contributed by atoms with Crippen molar-refractivity contribution in [2.45, 2.75) is 12.8 Å². The highest BCUT2D eigenvalue weighted by atomic mass is 79.9. The molecule has 0 bridgehead atoms. The molecule has 0 saturated heterocycles. The summed E-state index contributed by atoms with van der Waals surface area (Å²) in [5.41, 5.74) is 1.02. The van der Waals surface area contributed by atoms with Gasteiger partial charge in [0, 0.05) is 17.1 Å². The molecule has 0 N–H and O–H groups in total. The van der Waals surface area contributed by atoms with Gasteiger partial charge in [-0.15, -0.1) is 0 Å². The van der Waals surface area contributed by atoms with Crippen LogP contribution in [0.2, 0.25) is 5.15 Å². The number of pyridine rings is 1. The summed E-state index contributed by atoms with van der Waals surface area (Å²) in [6.07, 6.45) is 2.85. The molecule has 0 atom stereocenters. The summed E-state index contributed by atoms with van der Waals surface area (Å²) in [6, 6.07) is 3.85. The van der Waals surface area contributed by atoms with Crippen molar-refractivity contribution >= 4 is 27.5 Å². The minimum Gasteiger partial charge on any atom is -0.243 e. The number of rotatable bonds is 2. The normalized spacial score (nSPS) is 9.42. The van der Waals surface area contributed by atoms with Gasteiger partial charge in [-0.25, -0.2) is 4.98 Å². The predicted octanol–water partition coefficient (Wildman–Crippen LogP) is 2.95. The van der Waals surface area contributed by atoms with Crippen LogP contribution in [0.25, 0.3) is 0 Å². The first-order chi connectivity index (χ1) is 5.74. The Hall–Kier alpha value is -0.590. The average molecular weight is 246 g/mol. The lowest BCUT2D eigenvalue weighted by Gasteiger charge is -2.00. The molecule has 0 radical (unpaired) electrons. The summed E-state index contributed by atoms with van der Waals surface area (Å²) >= 11 is 9.01. The van der Waals surface area contributed by atoms with Crippen molar-refractivity contribution in [3.8, 4) is 6.07 Å². The molecule has 0 spiro atoms. The molecule has 0 aromatic carbocycles. The zero-order valence-electron chi connectivity index (χ0n) is 6.22. The van der Waals surface area contributed by atoms with E-state index in [-0.39, 0.29) is 0 Å². The number of aromatic nitrogens is 1. The third kappa shape index (κ3) is 2.47. The molecule has 0 unspecified atom stereocenters. The Balaban J connectivity index is 2.84. The smallest absolute Gasteiger partial charge is 0.129 e. The van der Waals surface area contributed by atoms with Crippen LogP contribution >= 0.6 is 27.5 Å². The second kappa shape index (κ2) is 4.44. The molecule has 0 aliphatic carbocycles. The van der Waals surface area contributed by atoms with Crippen molar-refractivity contribution < 1.29 is 0 Å². The van der Waals surface area contributed by atoms with Gasteiger partial charge in [0.05, 0.1) is 6.07 Å². The van der Waals surface area contributed by atoms with Gasteiger partial charge in [-0.2, -0.15) is 5.26 Å². The molecule has 2 nitrogen and oxygen atoms in total. The highest BCUT2D eigenvalue weighted by molar-refractivity contribution is 9.10. The number of hydrogen-bond donors (Lipinski definition) is 0. The van der Waals surface area contributed by atoms with Crippen LogP contribution in [-0.4, -0.2) is 4.98 Å². The molecule has 1 rings (SSSR count). The van der Waals surface area contributed by atoms with Gasteiger partial charge in [0.25, 0.3) is 0 Å². The molecule has 0 aliphatic heterocycles. The molecule has 0 fully saturated rings. The van der Waals surface area contributed by atoms with E-state index >= 15 is 0 Å². The lowest BCUT2D eigenvalue weighted by atomic mass is 10.2. The first-order valence-corrected chi connectivity index (χ1v) is 4.58. The standard InChI is InChI=1S/C8H6BrClN2/c9-7-5-12-8(10)4-6(7)2-1-3-11/h4-5H,1-2H2. The molecule has 4 heteroatoms. The van der Waals surface area contributed by atoms with Gasteiger partial charge in [-0.1, -0.05) is 11.6 Å². The van der Waals surface area contributed by atoms with Gasteiger partial charge < -0.3 is 0 Å². The summed E-state index contributed by atoms with van der Waals surface area (Å²) in [5, 5.41) is 8.84. The van der Waals surface area contributed by atoms with E-state index in [1.54, 1.807) is 12.3 Å². The second-order valence-corrected chi connectivity index (χ2v) is 3.50. The van der Waals surface area contributed by atoms with Crippen LogP contribution in [0.15, 0.2) is 16.7 Å². The second-order valence-electron chi connectivity index (χ2n) is 2.26. The maximum Gasteiger partial charge on any atom is 0.129 e. The highest BCUT2D eigenvalue weighted by Gasteiger charge is 2.00. The fraction of sp³-hybridized carbons (Fsp3) is 0.250. The van der Waals surface area contributed by atoms with Crippen LogP contribution < -0.4 is 0 Å². The highest BCUT2D eigenvalue weighted by Crippen LogP contribution is 2.19. The minimum atomic E-state index is 0.464. The third-order valence-electron chi connectivity index (χ3n) is 1.41. The van der Waals surface area contributed by atoms with Crippen LogP contribution in [0.3, 0.4) is 0 Å². The first-order valence-electron chi connectivity index (χ1n) is 3.41. The van der Waals surface area contributed by atoms with Gasteiger partial charge in [-0.3, -0.25) is 0 Å². The van der Waals surface area contributed by atoms with Crippen LogP contribution in [0, 0.1) is 11.3 Å². The predicted molar refractivity (Wildman–Crippen MR) is 50.9 cm³/mol. The quantitative estimate of drug-likeness (QED) is 0.751. The molecule has 0 aliphatic rings. The monoisotopic (exact) mass is 244 g/mol. The molecule has 1 heterocycles. The van der Waals surface area contributed by atoms with Gasteiger partial charge in [-0.05, 0) is 34.0 Å². The summed E-state index contributed by atoms with van der Waals surface area (Å²) in [6.45, 7) is 0. The van der Waals surface area contributed by atoms with Gasteiger partial charge >= 0.3 is 0 Å². The number of nitrogens with zero attached hydrogens (tertiary/aromatic N) is 2. The minimum absolute atomic E-state index is 0.464. The van der Waals surface area contributed by atoms with Crippen LogP contribution in [0.5, 0.6) is 0 Å². The fourth-order valence-corrected chi connectivity index (χ4v) is 1.43. The van der Waals surface area contributed by atoms with E-state index in [4.69, 9.17) is 16.9 Å². The van der Waals surface area contributed by atoms with Gasteiger partial charge in [0.1, 0.15) is 5.15 Å². The zero-order valence-corrected chi connectivity index (χ0v) is 8.56. The van der Waals surface area contributed by atoms with E-state index in [1.165, 1.54) is 0 Å². The van der Waals surface area contributed by atoms with Crippen molar-refractivity contribution in [2.24, 2.45) is 0 Å². The van der Waals surface area contributed by atoms with Crippen LogP contribution in [0.4, 0.5) is 0 Å². The summed E-state index contributed by atoms with van der Waals surface area (Å²) < 4.78 is 0.905. The molecule has 12 heavy (non-hydrogen) atoms. The number of aryl methyl sites for hydroxylation is 1. The topological polar surface area (TPSA) is 36.7 Å². The Morgan fingerprint density at radius 3 is 3.08 bits per heavy atom. The van der Waals surface area contributed by atoms with Crippen LogP contribution in [-0.2, 0) is 6.42 Å². The fourth-order valence-electron chi connectivity index (χ4n) is 0.833. The Bertz CT molecular complexity index is 319. The third-order valence-corrected chi connectivity index (χ3v) is 2.33. The van der Waals surface area contributed by atoms with E-state index in [0.29, 0.717) is 18.0 Å². The molecule has 0 saturated carbocycles. The Labute approximate surface area is 84.3 Å². The van der Waals surface area contributed by atoms with Crippen molar-refractivity contribution in [1.82, 2.24) is 4.98 Å². The zero-order chi connectivity index (χ0) is 8.97. The molecular weight excluding hydrogens is 239 g/mol. The SMILES string of the molecule is N#CCCc1cc(Cl)ncc1Br. The van der Waals surface area contributed by atoms with Crippen molar-refractivity contribution in [2.75, 3.05) is 0 Å². The lowest BCUT2D eigenvalue weighted by molar-refractivity contribution is 0.995. The van der Waals surface area contributed by atoms with E-state index in [0.717, 1.165) is 10.0 Å². The van der Waals surface area contributed by atoms with E-state index in [1.807, 2.05) is 0 Å². The molecule has 1 aromatic heterocycles. The molecule has 62 valence electrons. The summed E-state index contributed by atoms with van der Waals surface area (Å²) in [7, 11) is 0. The Morgan fingerprint density at radius 1 is 1.67 bits per heavy atom. The van der Waals surface area contributed by atoms with E-state index in [2.05, 4.69) is 27.0 Å². The van der Waals surface area contributed by atoms with E-state index in [9.17, 15) is 0 Å². The Morgan fingerprint density at radius 2 is 2.42 bits per heavy atom. The summed E-state index contributed by atoms with van der Waals surface area (Å²) in [5.74, 6) is 0. The molecule has 1 aromatic rings. The van der Waals surface area contributed by atoms with E-state index < -0.39 is 0 Å². The van der Waals surface area contributed by atoms with Gasteiger partial charge in [0.2, 0.25) is 0 Å². The number of nitriles is 1. The molecule has 0 amide bonds. The van der Waals surface area contributed by atoms with Crippen molar-refractivity contribution in [3.63, 3.8) is 0 Å². The van der Waals surface area contributed by atoms with Crippen molar-refractivity contribution in [1.29, 1.82) is 5.26 Å². The summed E-state index contributed by atoms with van der Waals surface area (Å²) in [4.78, 5) is 3.88. The van der Waals surface area contributed by atoms with Gasteiger partial charge in [0.15, 0.2) is 0 Å². The number of hydrogen-bond acceptors (Lipinski definition) is 2. The van der Waals surface area contributed by atoms with Crippen LogP contribution in [0.1, 0.15) is 12.0 Å². The van der Waals surface area contributed by atoms with Crippen molar-refractivity contribution in [3.05, 3.63) is 27.5 Å². The Kier molecular flexibility index (Phi) is 3.51. The average Bonchev–Trinajstić information content (AvgIpc) is 2.07. The largest absolute Gasteiger partial charge is 0.243 e. The maximum atomic E-state index is 8.37. The molecular formula is C8H6BrClN2. The lowest BCUT2D eigenvalue weighted by Crippen LogP contribution is -1.87.